The van der Waals surface area contributed by atoms with Gasteiger partial charge in [0.05, 0.1) is 0 Å². The van der Waals surface area contributed by atoms with Gasteiger partial charge in [0, 0.05) is 19.3 Å². The van der Waals surface area contributed by atoms with Crippen molar-refractivity contribution in [2.45, 2.75) is 6.92 Å². The molecule has 0 saturated carbocycles. The fraction of sp³-hybridized carbons (Fsp3) is 0.200. The van der Waals surface area contributed by atoms with E-state index in [1.54, 1.807) is 24.4 Å². The number of carbonyl (C=O) groups is 1. The highest BCUT2D eigenvalue weighted by Crippen LogP contribution is 2.08. The standard InChI is InChI=1S/C15H16N6O/c1-11-4-3-7-16-14(11)17-8-9-18-15(22)12-5-2-6-13-19-10-20-21(12)13/h2-7,10H,8-9H2,1H3,(H,16,17)(H,18,22). The minimum Gasteiger partial charge on any atom is -0.368 e. The molecule has 7 heteroatoms. The molecule has 0 unspecified atom stereocenters. The molecule has 0 bridgehead atoms. The Kier molecular flexibility index (Phi) is 3.95. The second-order valence-electron chi connectivity index (χ2n) is 4.79. The van der Waals surface area contributed by atoms with Gasteiger partial charge in [-0.3, -0.25) is 4.79 Å². The number of carbonyl (C=O) groups excluding carboxylic acids is 1. The van der Waals surface area contributed by atoms with Crippen molar-refractivity contribution in [1.29, 1.82) is 0 Å². The predicted octanol–water partition coefficient (Wildman–Crippen LogP) is 1.27. The maximum absolute atomic E-state index is 12.2. The quantitative estimate of drug-likeness (QED) is 0.693. The predicted molar refractivity (Wildman–Crippen MR) is 82.8 cm³/mol. The number of pyridine rings is 2. The number of aromatic nitrogens is 4. The van der Waals surface area contributed by atoms with E-state index in [1.807, 2.05) is 19.1 Å². The van der Waals surface area contributed by atoms with E-state index in [4.69, 9.17) is 0 Å². The van der Waals surface area contributed by atoms with Gasteiger partial charge in [-0.25, -0.2) is 14.5 Å². The molecule has 7 nitrogen and oxygen atoms in total. The third-order valence-electron chi connectivity index (χ3n) is 3.25. The minimum absolute atomic E-state index is 0.185. The molecule has 0 aliphatic carbocycles. The molecule has 0 radical (unpaired) electrons. The van der Waals surface area contributed by atoms with E-state index in [0.717, 1.165) is 11.4 Å². The zero-order valence-electron chi connectivity index (χ0n) is 12.2. The summed E-state index contributed by atoms with van der Waals surface area (Å²) in [6.07, 6.45) is 3.16. The highest BCUT2D eigenvalue weighted by molar-refractivity contribution is 5.93. The van der Waals surface area contributed by atoms with E-state index in [2.05, 4.69) is 25.7 Å². The Morgan fingerprint density at radius 2 is 2.09 bits per heavy atom. The fourth-order valence-electron chi connectivity index (χ4n) is 2.14. The summed E-state index contributed by atoms with van der Waals surface area (Å²) in [4.78, 5) is 20.5. The first-order valence-corrected chi connectivity index (χ1v) is 6.98. The van der Waals surface area contributed by atoms with Crippen LogP contribution in [0.15, 0.2) is 42.9 Å². The Balaban J connectivity index is 1.57. The van der Waals surface area contributed by atoms with E-state index in [9.17, 15) is 4.79 Å². The Morgan fingerprint density at radius 3 is 2.95 bits per heavy atom. The number of rotatable bonds is 5. The van der Waals surface area contributed by atoms with Gasteiger partial charge in [-0.05, 0) is 30.7 Å². The fourth-order valence-corrected chi connectivity index (χ4v) is 2.14. The molecule has 22 heavy (non-hydrogen) atoms. The van der Waals surface area contributed by atoms with Crippen molar-refractivity contribution in [3.8, 4) is 0 Å². The van der Waals surface area contributed by atoms with Gasteiger partial charge < -0.3 is 10.6 Å². The summed E-state index contributed by atoms with van der Waals surface area (Å²) < 4.78 is 1.52. The van der Waals surface area contributed by atoms with Gasteiger partial charge in [0.1, 0.15) is 17.8 Å². The summed E-state index contributed by atoms with van der Waals surface area (Å²) in [5.41, 5.74) is 2.18. The smallest absolute Gasteiger partial charge is 0.270 e. The zero-order chi connectivity index (χ0) is 15.4. The third-order valence-corrected chi connectivity index (χ3v) is 3.25. The Morgan fingerprint density at radius 1 is 1.18 bits per heavy atom. The number of hydrogen-bond acceptors (Lipinski definition) is 5. The second-order valence-corrected chi connectivity index (χ2v) is 4.79. The van der Waals surface area contributed by atoms with Crippen LogP contribution in [0.5, 0.6) is 0 Å². The van der Waals surface area contributed by atoms with Gasteiger partial charge in [-0.15, -0.1) is 0 Å². The van der Waals surface area contributed by atoms with Crippen LogP contribution in [0, 0.1) is 6.92 Å². The molecule has 0 aromatic carbocycles. The number of hydrogen-bond donors (Lipinski definition) is 2. The van der Waals surface area contributed by atoms with Crippen LogP contribution < -0.4 is 10.6 Å². The average molecular weight is 296 g/mol. The minimum atomic E-state index is -0.185. The van der Waals surface area contributed by atoms with Crippen LogP contribution in [0.25, 0.3) is 5.65 Å². The molecule has 1 amide bonds. The van der Waals surface area contributed by atoms with Crippen LogP contribution in [-0.4, -0.2) is 38.6 Å². The Bertz CT molecular complexity index is 797. The summed E-state index contributed by atoms with van der Waals surface area (Å²) in [7, 11) is 0. The van der Waals surface area contributed by atoms with Gasteiger partial charge in [0.2, 0.25) is 0 Å². The highest BCUT2D eigenvalue weighted by atomic mass is 16.2. The summed E-state index contributed by atoms with van der Waals surface area (Å²) >= 11 is 0. The molecular formula is C15H16N6O. The lowest BCUT2D eigenvalue weighted by Crippen LogP contribution is -2.30. The van der Waals surface area contributed by atoms with Crippen LogP contribution >= 0.6 is 0 Å². The lowest BCUT2D eigenvalue weighted by atomic mass is 10.3. The average Bonchev–Trinajstić information content (AvgIpc) is 3.01. The first-order valence-electron chi connectivity index (χ1n) is 6.98. The van der Waals surface area contributed by atoms with Crippen molar-refractivity contribution < 1.29 is 4.79 Å². The maximum atomic E-state index is 12.2. The highest BCUT2D eigenvalue weighted by Gasteiger charge is 2.10. The number of fused-ring (bicyclic) bond motifs is 1. The van der Waals surface area contributed by atoms with Crippen LogP contribution in [-0.2, 0) is 0 Å². The summed E-state index contributed by atoms with van der Waals surface area (Å²) in [6.45, 7) is 3.07. The topological polar surface area (TPSA) is 84.2 Å². The van der Waals surface area contributed by atoms with E-state index in [1.165, 1.54) is 10.8 Å². The molecule has 0 saturated heterocycles. The second kappa shape index (κ2) is 6.21. The monoisotopic (exact) mass is 296 g/mol. The number of aryl methyl sites for hydroxylation is 1. The summed E-state index contributed by atoms with van der Waals surface area (Å²) in [5.74, 6) is 0.644. The van der Waals surface area contributed by atoms with Gasteiger partial charge in [0.25, 0.3) is 5.91 Å². The molecule has 3 aromatic heterocycles. The van der Waals surface area contributed by atoms with Crippen molar-refractivity contribution in [1.82, 2.24) is 24.9 Å². The van der Waals surface area contributed by atoms with E-state index in [-0.39, 0.29) is 5.91 Å². The van der Waals surface area contributed by atoms with Crippen molar-refractivity contribution in [3.63, 3.8) is 0 Å². The summed E-state index contributed by atoms with van der Waals surface area (Å²) in [6, 6.07) is 9.18. The van der Waals surface area contributed by atoms with Crippen molar-refractivity contribution >= 4 is 17.4 Å². The maximum Gasteiger partial charge on any atom is 0.270 e. The van der Waals surface area contributed by atoms with E-state index >= 15 is 0 Å². The molecule has 3 rings (SSSR count). The molecule has 0 atom stereocenters. The molecule has 0 aliphatic heterocycles. The van der Waals surface area contributed by atoms with Crippen molar-refractivity contribution in [2.75, 3.05) is 18.4 Å². The van der Waals surface area contributed by atoms with Crippen LogP contribution in [0.1, 0.15) is 16.1 Å². The first-order chi connectivity index (χ1) is 10.8. The lowest BCUT2D eigenvalue weighted by Gasteiger charge is -2.09. The molecule has 112 valence electrons. The van der Waals surface area contributed by atoms with Gasteiger partial charge in [-0.1, -0.05) is 12.1 Å². The molecule has 3 aromatic rings. The zero-order valence-corrected chi connectivity index (χ0v) is 12.2. The third kappa shape index (κ3) is 2.88. The van der Waals surface area contributed by atoms with Crippen LogP contribution in [0.4, 0.5) is 5.82 Å². The van der Waals surface area contributed by atoms with E-state index < -0.39 is 0 Å². The number of nitrogens with zero attached hydrogens (tertiary/aromatic N) is 4. The molecule has 0 spiro atoms. The molecule has 2 N–H and O–H groups in total. The largest absolute Gasteiger partial charge is 0.368 e. The molecule has 0 aliphatic rings. The van der Waals surface area contributed by atoms with Gasteiger partial charge in [-0.2, -0.15) is 5.10 Å². The van der Waals surface area contributed by atoms with E-state index in [0.29, 0.717) is 24.4 Å². The first kappa shape index (κ1) is 14.0. The molecule has 3 heterocycles. The van der Waals surface area contributed by atoms with Crippen LogP contribution in [0.2, 0.25) is 0 Å². The SMILES string of the molecule is Cc1cccnc1NCCNC(=O)c1cccc2ncnn12. The van der Waals surface area contributed by atoms with Gasteiger partial charge >= 0.3 is 0 Å². The number of nitrogens with one attached hydrogen (secondary N) is 2. The number of amides is 1. The Hall–Kier alpha value is -2.96. The molecule has 0 fully saturated rings. The molecular weight excluding hydrogens is 280 g/mol. The van der Waals surface area contributed by atoms with Crippen molar-refractivity contribution in [3.05, 3.63) is 54.1 Å². The van der Waals surface area contributed by atoms with Gasteiger partial charge in [0.15, 0.2) is 5.65 Å². The van der Waals surface area contributed by atoms with Crippen molar-refractivity contribution in [2.24, 2.45) is 0 Å². The Labute approximate surface area is 127 Å². The lowest BCUT2D eigenvalue weighted by molar-refractivity contribution is 0.0947. The normalized spacial score (nSPS) is 10.6. The van der Waals surface area contributed by atoms with Crippen LogP contribution in [0.3, 0.4) is 0 Å². The summed E-state index contributed by atoms with van der Waals surface area (Å²) in [5, 5.41) is 10.1. The number of anilines is 1.